The molecule has 0 radical (unpaired) electrons. The minimum Gasteiger partial charge on any atom is -0.496 e. The lowest BCUT2D eigenvalue weighted by Gasteiger charge is -2.22. The summed E-state index contributed by atoms with van der Waals surface area (Å²) in [5, 5.41) is 2.79. The summed E-state index contributed by atoms with van der Waals surface area (Å²) in [6.45, 7) is 2.14. The summed E-state index contributed by atoms with van der Waals surface area (Å²) in [6, 6.07) is 14.8. The number of carbonyl (C=O) groups is 1. The van der Waals surface area contributed by atoms with E-state index >= 15 is 0 Å². The van der Waals surface area contributed by atoms with Crippen LogP contribution in [0.4, 0.5) is 5.69 Å². The fourth-order valence-electron chi connectivity index (χ4n) is 2.71. The molecule has 0 aliphatic heterocycles. The standard InChI is InChI=1S/C20H26N2O4S/c1-16-10-12-18(13-11-16)22(27(3,24)25)15-20(23)21-14-6-8-17-7-4-5-9-19(17)26-2/h4-5,7,9-13H,6,8,14-15H2,1-3H3,(H,21,23). The van der Waals surface area contributed by atoms with Crippen LogP contribution in [0.5, 0.6) is 5.75 Å². The molecular formula is C20H26N2O4S. The molecule has 0 saturated heterocycles. The molecule has 0 saturated carbocycles. The summed E-state index contributed by atoms with van der Waals surface area (Å²) in [4.78, 5) is 12.2. The fraction of sp³-hybridized carbons (Fsp3) is 0.350. The van der Waals surface area contributed by atoms with Crippen molar-refractivity contribution in [1.82, 2.24) is 5.32 Å². The van der Waals surface area contributed by atoms with Gasteiger partial charge in [0.1, 0.15) is 12.3 Å². The molecule has 6 nitrogen and oxygen atoms in total. The van der Waals surface area contributed by atoms with Gasteiger partial charge >= 0.3 is 0 Å². The van der Waals surface area contributed by atoms with Gasteiger partial charge in [-0.15, -0.1) is 0 Å². The Morgan fingerprint density at radius 3 is 2.41 bits per heavy atom. The number of nitrogens with zero attached hydrogens (tertiary/aromatic N) is 1. The number of sulfonamides is 1. The monoisotopic (exact) mass is 390 g/mol. The summed E-state index contributed by atoms with van der Waals surface area (Å²) in [5.74, 6) is 0.493. The van der Waals surface area contributed by atoms with Gasteiger partial charge in [-0.3, -0.25) is 9.10 Å². The van der Waals surface area contributed by atoms with Crippen LogP contribution in [0.2, 0.25) is 0 Å². The van der Waals surface area contributed by atoms with E-state index in [1.165, 1.54) is 0 Å². The number of aryl methyl sites for hydroxylation is 2. The van der Waals surface area contributed by atoms with Crippen molar-refractivity contribution in [3.05, 3.63) is 59.7 Å². The Morgan fingerprint density at radius 2 is 1.78 bits per heavy atom. The summed E-state index contributed by atoms with van der Waals surface area (Å²) >= 11 is 0. The number of hydrogen-bond donors (Lipinski definition) is 1. The predicted molar refractivity (Wildman–Crippen MR) is 108 cm³/mol. The second-order valence-electron chi connectivity index (χ2n) is 6.37. The van der Waals surface area contributed by atoms with E-state index in [2.05, 4.69) is 5.32 Å². The van der Waals surface area contributed by atoms with E-state index in [9.17, 15) is 13.2 Å². The molecule has 0 atom stereocenters. The summed E-state index contributed by atoms with van der Waals surface area (Å²) in [6.07, 6.45) is 2.59. The molecule has 1 amide bonds. The van der Waals surface area contributed by atoms with Crippen molar-refractivity contribution in [2.75, 3.05) is 30.8 Å². The SMILES string of the molecule is COc1ccccc1CCCNC(=O)CN(c1ccc(C)cc1)S(C)(=O)=O. The van der Waals surface area contributed by atoms with E-state index in [-0.39, 0.29) is 12.5 Å². The molecule has 0 aliphatic carbocycles. The largest absolute Gasteiger partial charge is 0.496 e. The Labute approximate surface area is 161 Å². The number of carbonyl (C=O) groups excluding carboxylic acids is 1. The average Bonchev–Trinajstić information content (AvgIpc) is 2.63. The second kappa shape index (κ2) is 9.41. The smallest absolute Gasteiger partial charge is 0.240 e. The highest BCUT2D eigenvalue weighted by atomic mass is 32.2. The molecule has 0 heterocycles. The van der Waals surface area contributed by atoms with Crippen molar-refractivity contribution in [3.63, 3.8) is 0 Å². The van der Waals surface area contributed by atoms with Gasteiger partial charge < -0.3 is 10.1 Å². The third-order valence-corrected chi connectivity index (χ3v) is 5.29. The molecule has 146 valence electrons. The van der Waals surface area contributed by atoms with Gasteiger partial charge in [0.2, 0.25) is 15.9 Å². The van der Waals surface area contributed by atoms with Crippen LogP contribution in [0, 0.1) is 6.92 Å². The Hall–Kier alpha value is -2.54. The highest BCUT2D eigenvalue weighted by Crippen LogP contribution is 2.19. The minimum absolute atomic E-state index is 0.240. The maximum atomic E-state index is 12.2. The number of benzene rings is 2. The Morgan fingerprint density at radius 1 is 1.11 bits per heavy atom. The van der Waals surface area contributed by atoms with Gasteiger partial charge in [-0.25, -0.2) is 8.42 Å². The van der Waals surface area contributed by atoms with Crippen LogP contribution >= 0.6 is 0 Å². The molecule has 0 unspecified atom stereocenters. The quantitative estimate of drug-likeness (QED) is 0.668. The van der Waals surface area contributed by atoms with Crippen molar-refractivity contribution in [2.24, 2.45) is 0 Å². The summed E-state index contributed by atoms with van der Waals surface area (Å²) in [5.41, 5.74) is 2.58. The maximum Gasteiger partial charge on any atom is 0.240 e. The molecule has 27 heavy (non-hydrogen) atoms. The summed E-state index contributed by atoms with van der Waals surface area (Å²) in [7, 11) is -1.92. The Bertz CT molecular complexity index is 864. The first-order valence-electron chi connectivity index (χ1n) is 8.74. The van der Waals surface area contributed by atoms with E-state index in [1.807, 2.05) is 43.3 Å². The highest BCUT2D eigenvalue weighted by Gasteiger charge is 2.20. The third-order valence-electron chi connectivity index (χ3n) is 4.15. The first kappa shape index (κ1) is 20.8. The molecule has 7 heteroatoms. The maximum absolute atomic E-state index is 12.2. The van der Waals surface area contributed by atoms with Crippen molar-refractivity contribution in [3.8, 4) is 5.75 Å². The molecule has 0 aromatic heterocycles. The number of para-hydroxylation sites is 1. The Balaban J connectivity index is 1.90. The third kappa shape index (κ3) is 6.29. The molecule has 1 N–H and O–H groups in total. The van der Waals surface area contributed by atoms with E-state index in [4.69, 9.17) is 4.74 Å². The van der Waals surface area contributed by atoms with Crippen molar-refractivity contribution < 1.29 is 17.9 Å². The minimum atomic E-state index is -3.55. The van der Waals surface area contributed by atoms with Crippen LogP contribution in [0.15, 0.2) is 48.5 Å². The van der Waals surface area contributed by atoms with Crippen LogP contribution in [0.3, 0.4) is 0 Å². The lowest BCUT2D eigenvalue weighted by molar-refractivity contribution is -0.119. The second-order valence-corrected chi connectivity index (χ2v) is 8.28. The topological polar surface area (TPSA) is 75.7 Å². The van der Waals surface area contributed by atoms with Crippen LogP contribution in [0.25, 0.3) is 0 Å². The molecule has 2 aromatic carbocycles. The van der Waals surface area contributed by atoms with Gasteiger partial charge in [0.25, 0.3) is 0 Å². The number of rotatable bonds is 9. The number of hydrogen-bond acceptors (Lipinski definition) is 4. The predicted octanol–water partition coefficient (Wildman–Crippen LogP) is 2.52. The lowest BCUT2D eigenvalue weighted by Crippen LogP contribution is -2.40. The van der Waals surface area contributed by atoms with Crippen molar-refractivity contribution >= 4 is 21.6 Å². The first-order valence-corrected chi connectivity index (χ1v) is 10.6. The summed E-state index contributed by atoms with van der Waals surface area (Å²) < 4.78 is 30.6. The average molecular weight is 391 g/mol. The van der Waals surface area contributed by atoms with Crippen molar-refractivity contribution in [1.29, 1.82) is 0 Å². The molecular weight excluding hydrogens is 364 g/mol. The molecule has 2 aromatic rings. The number of methoxy groups -OCH3 is 1. The zero-order valence-electron chi connectivity index (χ0n) is 15.9. The van der Waals surface area contributed by atoms with Crippen molar-refractivity contribution in [2.45, 2.75) is 19.8 Å². The van der Waals surface area contributed by atoms with E-state index in [1.54, 1.807) is 19.2 Å². The van der Waals surface area contributed by atoms with E-state index < -0.39 is 10.0 Å². The van der Waals surface area contributed by atoms with E-state index in [0.29, 0.717) is 12.2 Å². The lowest BCUT2D eigenvalue weighted by atomic mass is 10.1. The van der Waals surface area contributed by atoms with Crippen LogP contribution in [-0.2, 0) is 21.2 Å². The van der Waals surface area contributed by atoms with Gasteiger partial charge in [0.15, 0.2) is 0 Å². The molecule has 2 rings (SSSR count). The van der Waals surface area contributed by atoms with Crippen LogP contribution < -0.4 is 14.4 Å². The number of anilines is 1. The fourth-order valence-corrected chi connectivity index (χ4v) is 3.57. The van der Waals surface area contributed by atoms with Gasteiger partial charge in [-0.1, -0.05) is 35.9 Å². The van der Waals surface area contributed by atoms with E-state index in [0.717, 1.165) is 40.3 Å². The normalized spacial score (nSPS) is 11.1. The molecule has 0 spiro atoms. The zero-order chi connectivity index (χ0) is 19.9. The zero-order valence-corrected chi connectivity index (χ0v) is 16.8. The van der Waals surface area contributed by atoms with Crippen LogP contribution in [0.1, 0.15) is 17.5 Å². The first-order chi connectivity index (χ1) is 12.8. The number of amides is 1. The van der Waals surface area contributed by atoms with Gasteiger partial charge in [0, 0.05) is 6.54 Å². The number of nitrogens with one attached hydrogen (secondary N) is 1. The molecule has 0 aliphatic rings. The highest BCUT2D eigenvalue weighted by molar-refractivity contribution is 7.92. The van der Waals surface area contributed by atoms with Crippen LogP contribution in [-0.4, -0.2) is 40.8 Å². The van der Waals surface area contributed by atoms with Gasteiger partial charge in [-0.05, 0) is 43.5 Å². The Kier molecular flexibility index (Phi) is 7.24. The molecule has 0 bridgehead atoms. The van der Waals surface area contributed by atoms with Gasteiger partial charge in [-0.2, -0.15) is 0 Å². The molecule has 0 fully saturated rings. The number of ether oxygens (including phenoxy) is 1. The van der Waals surface area contributed by atoms with Gasteiger partial charge in [0.05, 0.1) is 19.1 Å².